The lowest BCUT2D eigenvalue weighted by molar-refractivity contribution is -0.151. The highest BCUT2D eigenvalue weighted by Crippen LogP contribution is 2.33. The number of nitrogens with one attached hydrogen (secondary N) is 1. The van der Waals surface area contributed by atoms with Gasteiger partial charge in [0, 0.05) is 24.3 Å². The minimum Gasteiger partial charge on any atom is -0.493 e. The number of benzene rings is 3. The van der Waals surface area contributed by atoms with Crippen molar-refractivity contribution >= 4 is 29.2 Å². The first-order chi connectivity index (χ1) is 17.3. The molecule has 1 aliphatic heterocycles. The van der Waals surface area contributed by atoms with Crippen molar-refractivity contribution in [2.24, 2.45) is 5.92 Å². The molecule has 0 aromatic heterocycles. The highest BCUT2D eigenvalue weighted by Gasteiger charge is 2.36. The summed E-state index contributed by atoms with van der Waals surface area (Å²) in [7, 11) is 1.57. The number of hydrogen-bond donors (Lipinski definition) is 1. The van der Waals surface area contributed by atoms with E-state index < -0.39 is 24.4 Å². The van der Waals surface area contributed by atoms with E-state index in [0.29, 0.717) is 28.6 Å². The zero-order valence-electron chi connectivity index (χ0n) is 20.4. The molecule has 1 fully saturated rings. The molecule has 1 N–H and O–H groups in total. The molecule has 1 unspecified atom stereocenters. The van der Waals surface area contributed by atoms with Crippen LogP contribution in [-0.4, -0.2) is 38.0 Å². The van der Waals surface area contributed by atoms with Crippen LogP contribution < -0.4 is 19.7 Å². The number of ether oxygens (including phenoxy) is 3. The van der Waals surface area contributed by atoms with E-state index >= 15 is 0 Å². The molecule has 1 heterocycles. The molecule has 1 aliphatic rings. The summed E-state index contributed by atoms with van der Waals surface area (Å²) in [6.07, 6.45) is 0.0247. The minimum atomic E-state index is -0.643. The molecule has 2 amide bonds. The third-order valence-corrected chi connectivity index (χ3v) is 5.92. The van der Waals surface area contributed by atoms with Gasteiger partial charge in [0.05, 0.1) is 13.0 Å². The highest BCUT2D eigenvalue weighted by molar-refractivity contribution is 6.00. The summed E-state index contributed by atoms with van der Waals surface area (Å²) in [6.45, 7) is 3.59. The Kier molecular flexibility index (Phi) is 7.53. The Balaban J connectivity index is 1.31. The number of methoxy groups -OCH3 is 1. The van der Waals surface area contributed by atoms with Crippen molar-refractivity contribution in [2.75, 3.05) is 30.5 Å². The first-order valence-electron chi connectivity index (χ1n) is 11.6. The lowest BCUT2D eigenvalue weighted by Crippen LogP contribution is -2.28. The largest absolute Gasteiger partial charge is 0.493 e. The Morgan fingerprint density at radius 1 is 1.00 bits per heavy atom. The van der Waals surface area contributed by atoms with Crippen LogP contribution in [0.25, 0.3) is 0 Å². The molecule has 3 aromatic rings. The molecule has 1 atom stereocenters. The molecule has 0 bridgehead atoms. The van der Waals surface area contributed by atoms with Gasteiger partial charge in [-0.05, 0) is 67.4 Å². The number of nitrogens with zero attached hydrogens (tertiary/aromatic N) is 1. The van der Waals surface area contributed by atoms with Crippen molar-refractivity contribution < 1.29 is 28.6 Å². The summed E-state index contributed by atoms with van der Waals surface area (Å²) in [6, 6.07) is 20.0. The zero-order chi connectivity index (χ0) is 25.7. The summed E-state index contributed by atoms with van der Waals surface area (Å²) < 4.78 is 16.4. The van der Waals surface area contributed by atoms with Crippen LogP contribution in [0.1, 0.15) is 17.5 Å². The fraction of sp³-hybridized carbons (Fsp3) is 0.250. The van der Waals surface area contributed by atoms with Crippen molar-refractivity contribution in [3.05, 3.63) is 77.9 Å². The standard InChI is InChI=1S/C28H28N2O6/c1-18-8-9-19(2)23(14-18)29-26(31)17-35-28(33)20-15-27(32)30(16-20)21-10-12-22(13-11-21)36-25-7-5-4-6-24(25)34-3/h4-14,20H,15-17H2,1-3H3,(H,29,31). The molecule has 36 heavy (non-hydrogen) atoms. The molecule has 3 aromatic carbocycles. The number of esters is 1. The van der Waals surface area contributed by atoms with E-state index in [1.54, 1.807) is 43.5 Å². The lowest BCUT2D eigenvalue weighted by atomic mass is 10.1. The topological polar surface area (TPSA) is 94.2 Å². The fourth-order valence-electron chi connectivity index (χ4n) is 3.95. The number of carbonyl (C=O) groups is 3. The molecule has 4 rings (SSSR count). The smallest absolute Gasteiger partial charge is 0.311 e. The maximum Gasteiger partial charge on any atom is 0.311 e. The summed E-state index contributed by atoms with van der Waals surface area (Å²) in [5, 5.41) is 2.76. The molecule has 8 heteroatoms. The normalized spacial score (nSPS) is 14.9. The van der Waals surface area contributed by atoms with Gasteiger partial charge in [-0.3, -0.25) is 14.4 Å². The van der Waals surface area contributed by atoms with Crippen LogP contribution in [0.4, 0.5) is 11.4 Å². The Bertz CT molecular complexity index is 1270. The van der Waals surface area contributed by atoms with Gasteiger partial charge in [0.15, 0.2) is 18.1 Å². The van der Waals surface area contributed by atoms with Gasteiger partial charge in [-0.2, -0.15) is 0 Å². The second-order valence-electron chi connectivity index (χ2n) is 8.63. The van der Waals surface area contributed by atoms with E-state index in [1.165, 1.54) is 4.90 Å². The number of anilines is 2. The minimum absolute atomic E-state index is 0.0247. The third-order valence-electron chi connectivity index (χ3n) is 5.92. The number of amides is 2. The maximum absolute atomic E-state index is 12.6. The van der Waals surface area contributed by atoms with Crippen LogP contribution in [0.3, 0.4) is 0 Å². The number of rotatable bonds is 8. The van der Waals surface area contributed by atoms with E-state index in [0.717, 1.165) is 11.1 Å². The van der Waals surface area contributed by atoms with Crippen LogP contribution in [0, 0.1) is 19.8 Å². The van der Waals surface area contributed by atoms with Crippen LogP contribution in [-0.2, 0) is 19.1 Å². The quantitative estimate of drug-likeness (QED) is 0.465. The van der Waals surface area contributed by atoms with Crippen molar-refractivity contribution in [1.82, 2.24) is 0 Å². The average Bonchev–Trinajstić information content (AvgIpc) is 3.27. The first kappa shape index (κ1) is 24.8. The van der Waals surface area contributed by atoms with Crippen LogP contribution in [0.5, 0.6) is 17.2 Å². The molecule has 0 spiro atoms. The number of hydrogen-bond acceptors (Lipinski definition) is 6. The van der Waals surface area contributed by atoms with Gasteiger partial charge >= 0.3 is 5.97 Å². The van der Waals surface area contributed by atoms with E-state index in [4.69, 9.17) is 14.2 Å². The van der Waals surface area contributed by atoms with E-state index in [9.17, 15) is 14.4 Å². The molecule has 8 nitrogen and oxygen atoms in total. The predicted octanol–water partition coefficient (Wildman–Crippen LogP) is 4.64. The number of aryl methyl sites for hydroxylation is 2. The lowest BCUT2D eigenvalue weighted by Gasteiger charge is -2.17. The third kappa shape index (κ3) is 5.83. The van der Waals surface area contributed by atoms with E-state index in [2.05, 4.69) is 5.32 Å². The monoisotopic (exact) mass is 488 g/mol. The van der Waals surface area contributed by atoms with Crippen molar-refractivity contribution in [3.63, 3.8) is 0 Å². The zero-order valence-corrected chi connectivity index (χ0v) is 20.4. The SMILES string of the molecule is COc1ccccc1Oc1ccc(N2CC(C(=O)OCC(=O)Nc3cc(C)ccc3C)CC2=O)cc1. The number of carbonyl (C=O) groups excluding carboxylic acids is 3. The second-order valence-corrected chi connectivity index (χ2v) is 8.63. The molecule has 186 valence electrons. The Morgan fingerprint density at radius 2 is 1.72 bits per heavy atom. The fourth-order valence-corrected chi connectivity index (χ4v) is 3.95. The van der Waals surface area contributed by atoms with E-state index in [-0.39, 0.29) is 18.9 Å². The molecule has 1 saturated heterocycles. The highest BCUT2D eigenvalue weighted by atomic mass is 16.5. The molecule has 0 aliphatic carbocycles. The van der Waals surface area contributed by atoms with Crippen molar-refractivity contribution in [2.45, 2.75) is 20.3 Å². The van der Waals surface area contributed by atoms with Gasteiger partial charge in [-0.15, -0.1) is 0 Å². The van der Waals surface area contributed by atoms with Gasteiger partial charge < -0.3 is 24.4 Å². The molecule has 0 radical (unpaired) electrons. The van der Waals surface area contributed by atoms with E-state index in [1.807, 2.05) is 44.2 Å². The second kappa shape index (κ2) is 10.9. The summed E-state index contributed by atoms with van der Waals surface area (Å²) >= 11 is 0. The maximum atomic E-state index is 12.6. The van der Waals surface area contributed by atoms with Gasteiger partial charge in [0.25, 0.3) is 5.91 Å². The van der Waals surface area contributed by atoms with Crippen molar-refractivity contribution in [3.8, 4) is 17.2 Å². The molecule has 0 saturated carbocycles. The van der Waals surface area contributed by atoms with Gasteiger partial charge in [0.1, 0.15) is 5.75 Å². The van der Waals surface area contributed by atoms with Crippen LogP contribution in [0.15, 0.2) is 66.7 Å². The molecular weight excluding hydrogens is 460 g/mol. The molecular formula is C28H28N2O6. The predicted molar refractivity (Wildman–Crippen MR) is 135 cm³/mol. The van der Waals surface area contributed by atoms with Crippen LogP contribution >= 0.6 is 0 Å². The summed E-state index contributed by atoms with van der Waals surface area (Å²) in [5.41, 5.74) is 3.25. The summed E-state index contributed by atoms with van der Waals surface area (Å²) in [5.74, 6) is -0.0527. The Morgan fingerprint density at radius 3 is 2.44 bits per heavy atom. The average molecular weight is 489 g/mol. The van der Waals surface area contributed by atoms with Gasteiger partial charge in [-0.1, -0.05) is 24.3 Å². The van der Waals surface area contributed by atoms with Gasteiger partial charge in [-0.25, -0.2) is 0 Å². The first-order valence-corrected chi connectivity index (χ1v) is 11.6. The van der Waals surface area contributed by atoms with Crippen molar-refractivity contribution in [1.29, 1.82) is 0 Å². The summed E-state index contributed by atoms with van der Waals surface area (Å²) in [4.78, 5) is 38.9. The Labute approximate surface area is 209 Å². The Hall–Kier alpha value is -4.33. The number of para-hydroxylation sites is 2. The van der Waals surface area contributed by atoms with Gasteiger partial charge in [0.2, 0.25) is 5.91 Å². The van der Waals surface area contributed by atoms with Crippen LogP contribution in [0.2, 0.25) is 0 Å².